The summed E-state index contributed by atoms with van der Waals surface area (Å²) >= 11 is 1.27. The molecule has 8 heteroatoms. The molecule has 0 unspecified atom stereocenters. The van der Waals surface area contributed by atoms with Gasteiger partial charge in [-0.05, 0) is 35.9 Å². The molecule has 1 amide bonds. The fourth-order valence-corrected chi connectivity index (χ4v) is 4.56. The Labute approximate surface area is 212 Å². The number of para-hydroxylation sites is 1. The third kappa shape index (κ3) is 4.99. The molecule has 0 saturated carbocycles. The van der Waals surface area contributed by atoms with E-state index in [4.69, 9.17) is 0 Å². The lowest BCUT2D eigenvalue weighted by Gasteiger charge is -2.10. The second kappa shape index (κ2) is 10.5. The van der Waals surface area contributed by atoms with Crippen molar-refractivity contribution in [1.82, 2.24) is 20.2 Å². The molecule has 0 aliphatic heterocycles. The van der Waals surface area contributed by atoms with Gasteiger partial charge >= 0.3 is 0 Å². The summed E-state index contributed by atoms with van der Waals surface area (Å²) in [4.78, 5) is 12.6. The number of thioether (sulfide) groups is 1. The van der Waals surface area contributed by atoms with Crippen molar-refractivity contribution in [2.24, 2.45) is 5.10 Å². The van der Waals surface area contributed by atoms with Gasteiger partial charge in [0, 0.05) is 16.8 Å². The fraction of sp³-hybridized carbons (Fsp3) is 0.0714. The molecule has 7 nitrogen and oxygen atoms in total. The molecule has 0 fully saturated rings. The SMILES string of the molecule is Cc1ccc(-c2nnc(SCC(=O)N/N=C/c3c(O)ccc4ccccc34)n2-c2ccccc2)cc1. The Kier molecular flexibility index (Phi) is 6.77. The van der Waals surface area contributed by atoms with Crippen LogP contribution in [0.5, 0.6) is 5.75 Å². The van der Waals surface area contributed by atoms with Crippen molar-refractivity contribution >= 4 is 34.7 Å². The molecular formula is C28H23N5O2S. The highest BCUT2D eigenvalue weighted by molar-refractivity contribution is 7.99. The van der Waals surface area contributed by atoms with Gasteiger partial charge in [0.25, 0.3) is 5.91 Å². The van der Waals surface area contributed by atoms with E-state index in [0.29, 0.717) is 16.5 Å². The zero-order valence-corrected chi connectivity index (χ0v) is 20.3. The summed E-state index contributed by atoms with van der Waals surface area (Å²) in [6, 6.07) is 29.0. The number of aryl methyl sites for hydroxylation is 1. The van der Waals surface area contributed by atoms with E-state index in [9.17, 15) is 9.90 Å². The number of nitrogens with one attached hydrogen (secondary N) is 1. The number of hydrazone groups is 1. The number of aromatic hydroxyl groups is 1. The number of hydrogen-bond acceptors (Lipinski definition) is 6. The molecule has 0 radical (unpaired) electrons. The molecule has 5 rings (SSSR count). The van der Waals surface area contributed by atoms with Crippen LogP contribution in [0.25, 0.3) is 27.8 Å². The van der Waals surface area contributed by atoms with Gasteiger partial charge in [-0.2, -0.15) is 5.10 Å². The van der Waals surface area contributed by atoms with Gasteiger partial charge in [-0.3, -0.25) is 9.36 Å². The van der Waals surface area contributed by atoms with Crippen LogP contribution >= 0.6 is 11.8 Å². The predicted molar refractivity (Wildman–Crippen MR) is 144 cm³/mol. The van der Waals surface area contributed by atoms with E-state index in [2.05, 4.69) is 20.7 Å². The van der Waals surface area contributed by atoms with Crippen LogP contribution < -0.4 is 5.43 Å². The van der Waals surface area contributed by atoms with Gasteiger partial charge in [0.1, 0.15) is 5.75 Å². The Morgan fingerprint density at radius 2 is 1.72 bits per heavy atom. The topological polar surface area (TPSA) is 92.4 Å². The first-order valence-corrected chi connectivity index (χ1v) is 12.3. The Balaban J connectivity index is 1.33. The molecule has 2 N–H and O–H groups in total. The number of nitrogens with zero attached hydrogens (tertiary/aromatic N) is 4. The summed E-state index contributed by atoms with van der Waals surface area (Å²) in [7, 11) is 0. The fourth-order valence-electron chi connectivity index (χ4n) is 3.81. The van der Waals surface area contributed by atoms with E-state index in [1.54, 1.807) is 6.07 Å². The molecule has 36 heavy (non-hydrogen) atoms. The summed E-state index contributed by atoms with van der Waals surface area (Å²) in [6.45, 7) is 2.04. The van der Waals surface area contributed by atoms with Crippen LogP contribution in [0.1, 0.15) is 11.1 Å². The molecule has 0 saturated heterocycles. The zero-order chi connectivity index (χ0) is 24.9. The zero-order valence-electron chi connectivity index (χ0n) is 19.5. The number of amides is 1. The van der Waals surface area contributed by atoms with Crippen molar-refractivity contribution in [2.45, 2.75) is 12.1 Å². The van der Waals surface area contributed by atoms with Crippen molar-refractivity contribution in [2.75, 3.05) is 5.75 Å². The van der Waals surface area contributed by atoms with Crippen molar-refractivity contribution in [3.05, 3.63) is 102 Å². The van der Waals surface area contributed by atoms with Gasteiger partial charge in [0.05, 0.1) is 12.0 Å². The Bertz CT molecular complexity index is 1550. The summed E-state index contributed by atoms with van der Waals surface area (Å²) in [5, 5.41) is 25.5. The number of rotatable bonds is 7. The number of phenolic OH excluding ortho intramolecular Hbond substituents is 1. The second-order valence-corrected chi connectivity index (χ2v) is 9.09. The number of phenols is 1. The number of fused-ring (bicyclic) bond motifs is 1. The normalized spacial score (nSPS) is 11.2. The number of benzene rings is 4. The summed E-state index contributed by atoms with van der Waals surface area (Å²) < 4.78 is 1.94. The van der Waals surface area contributed by atoms with E-state index < -0.39 is 0 Å². The van der Waals surface area contributed by atoms with Crippen molar-refractivity contribution in [1.29, 1.82) is 0 Å². The third-order valence-corrected chi connectivity index (χ3v) is 6.55. The maximum Gasteiger partial charge on any atom is 0.250 e. The van der Waals surface area contributed by atoms with Crippen molar-refractivity contribution < 1.29 is 9.90 Å². The van der Waals surface area contributed by atoms with E-state index in [0.717, 1.165) is 27.6 Å². The number of carbonyl (C=O) groups is 1. The predicted octanol–water partition coefficient (Wildman–Crippen LogP) is 5.34. The van der Waals surface area contributed by atoms with Gasteiger partial charge in [-0.1, -0.05) is 90.1 Å². The van der Waals surface area contributed by atoms with Gasteiger partial charge in [0.15, 0.2) is 11.0 Å². The molecule has 0 atom stereocenters. The van der Waals surface area contributed by atoms with Gasteiger partial charge in [-0.25, -0.2) is 5.43 Å². The second-order valence-electron chi connectivity index (χ2n) is 8.14. The number of hydrogen-bond donors (Lipinski definition) is 2. The number of aromatic nitrogens is 3. The average molecular weight is 494 g/mol. The Morgan fingerprint density at radius 1 is 0.972 bits per heavy atom. The molecule has 5 aromatic rings. The van der Waals surface area contributed by atoms with E-state index in [1.807, 2.05) is 96.4 Å². The molecular weight excluding hydrogens is 470 g/mol. The van der Waals surface area contributed by atoms with Crippen LogP contribution in [0.3, 0.4) is 0 Å². The molecule has 0 spiro atoms. The van der Waals surface area contributed by atoms with Crippen molar-refractivity contribution in [3.63, 3.8) is 0 Å². The molecule has 0 aliphatic carbocycles. The molecule has 4 aromatic carbocycles. The molecule has 0 bridgehead atoms. The minimum Gasteiger partial charge on any atom is -0.507 e. The van der Waals surface area contributed by atoms with E-state index >= 15 is 0 Å². The van der Waals surface area contributed by atoms with Crippen LogP contribution in [-0.4, -0.2) is 37.7 Å². The highest BCUT2D eigenvalue weighted by Gasteiger charge is 2.17. The first kappa shape index (κ1) is 23.3. The Hall–Kier alpha value is -4.43. The lowest BCUT2D eigenvalue weighted by molar-refractivity contribution is -0.118. The van der Waals surface area contributed by atoms with Crippen LogP contribution in [0, 0.1) is 6.92 Å². The van der Waals surface area contributed by atoms with Crippen LogP contribution in [0.2, 0.25) is 0 Å². The minimum atomic E-state index is -0.296. The van der Waals surface area contributed by atoms with Gasteiger partial charge < -0.3 is 5.11 Å². The van der Waals surface area contributed by atoms with Gasteiger partial charge in [0.2, 0.25) is 0 Å². The number of carbonyl (C=O) groups excluding carboxylic acids is 1. The Morgan fingerprint density at radius 3 is 2.53 bits per heavy atom. The van der Waals surface area contributed by atoms with Gasteiger partial charge in [-0.15, -0.1) is 10.2 Å². The first-order valence-electron chi connectivity index (χ1n) is 11.3. The van der Waals surface area contributed by atoms with Crippen molar-refractivity contribution in [3.8, 4) is 22.8 Å². The minimum absolute atomic E-state index is 0.0950. The summed E-state index contributed by atoms with van der Waals surface area (Å²) in [5.41, 5.74) is 6.09. The average Bonchev–Trinajstić information content (AvgIpc) is 3.33. The van der Waals surface area contributed by atoms with E-state index in [1.165, 1.54) is 18.0 Å². The smallest absolute Gasteiger partial charge is 0.250 e. The molecule has 1 heterocycles. The first-order chi connectivity index (χ1) is 17.6. The molecule has 178 valence electrons. The lowest BCUT2D eigenvalue weighted by atomic mass is 10.0. The summed E-state index contributed by atoms with van der Waals surface area (Å²) in [5.74, 6) is 0.599. The highest BCUT2D eigenvalue weighted by Crippen LogP contribution is 2.28. The van der Waals surface area contributed by atoms with E-state index in [-0.39, 0.29) is 17.4 Å². The maximum atomic E-state index is 12.6. The van der Waals surface area contributed by atoms with Crippen LogP contribution in [0.4, 0.5) is 0 Å². The molecule has 1 aromatic heterocycles. The highest BCUT2D eigenvalue weighted by atomic mass is 32.2. The quantitative estimate of drug-likeness (QED) is 0.181. The standard InChI is InChI=1S/C28H23N5O2S/c1-19-11-13-21(14-12-19)27-31-32-28(33(27)22-8-3-2-4-9-22)36-18-26(35)30-29-17-24-23-10-6-5-7-20(23)15-16-25(24)34/h2-17,34H,18H2,1H3,(H,30,35)/b29-17+. The monoisotopic (exact) mass is 493 g/mol. The molecule has 0 aliphatic rings. The van der Waals surface area contributed by atoms with Crippen LogP contribution in [-0.2, 0) is 4.79 Å². The maximum absolute atomic E-state index is 12.6. The lowest BCUT2D eigenvalue weighted by Crippen LogP contribution is -2.20. The summed E-state index contributed by atoms with van der Waals surface area (Å²) in [6.07, 6.45) is 1.46. The van der Waals surface area contributed by atoms with Crippen LogP contribution in [0.15, 0.2) is 101 Å². The largest absolute Gasteiger partial charge is 0.507 e. The third-order valence-electron chi connectivity index (χ3n) is 5.62.